The number of amides is 1. The highest BCUT2D eigenvalue weighted by molar-refractivity contribution is 7.91. The van der Waals surface area contributed by atoms with E-state index in [0.29, 0.717) is 37.4 Å². The molecule has 5 unspecified atom stereocenters. The highest BCUT2D eigenvalue weighted by Gasteiger charge is 2.59. The number of carbonyl (C=O) groups is 1. The van der Waals surface area contributed by atoms with E-state index in [1.54, 1.807) is 0 Å². The van der Waals surface area contributed by atoms with Crippen LogP contribution in [0.2, 0.25) is 0 Å². The quantitative estimate of drug-likeness (QED) is 0.703. The Morgan fingerprint density at radius 2 is 1.86 bits per heavy atom. The first-order valence-corrected chi connectivity index (χ1v) is 9.67. The van der Waals surface area contributed by atoms with Crippen molar-refractivity contribution in [3.8, 4) is 0 Å². The van der Waals surface area contributed by atoms with Gasteiger partial charge in [-0.15, -0.1) is 0 Å². The number of aliphatic hydroxyl groups is 1. The number of sulfone groups is 1. The van der Waals surface area contributed by atoms with Crippen LogP contribution in [0.15, 0.2) is 0 Å². The molecule has 0 radical (unpaired) electrons. The van der Waals surface area contributed by atoms with Crippen LogP contribution in [0, 0.1) is 17.8 Å². The topological polar surface area (TPSA) is 77.9 Å². The van der Waals surface area contributed by atoms with Crippen molar-refractivity contribution in [1.29, 1.82) is 0 Å². The van der Waals surface area contributed by atoms with Crippen molar-refractivity contribution < 1.29 is 18.3 Å². The molecule has 1 amide bonds. The Kier molecular flexibility index (Phi) is 3.10. The van der Waals surface area contributed by atoms with Gasteiger partial charge in [0.15, 0.2) is 9.84 Å². The van der Waals surface area contributed by atoms with Gasteiger partial charge < -0.3 is 10.0 Å². The molecule has 2 aliphatic carbocycles. The lowest BCUT2D eigenvalue weighted by atomic mass is 9.88. The second kappa shape index (κ2) is 4.67. The summed E-state index contributed by atoms with van der Waals surface area (Å²) in [5.41, 5.74) is 0. The molecule has 2 aliphatic heterocycles. The maximum Gasteiger partial charge on any atom is 0.237 e. The van der Waals surface area contributed by atoms with Gasteiger partial charge in [0.25, 0.3) is 0 Å². The SMILES string of the molecule is O=C(CN1CCS(=O)(=O)CC1)N1CC2CC3CC2C1C3O. The molecule has 2 bridgehead atoms. The Labute approximate surface area is 125 Å². The van der Waals surface area contributed by atoms with Crippen molar-refractivity contribution in [2.45, 2.75) is 25.0 Å². The summed E-state index contributed by atoms with van der Waals surface area (Å²) in [6, 6.07) is 0.0229. The molecule has 7 heteroatoms. The third-order valence-electron chi connectivity index (χ3n) is 5.96. The number of carbonyl (C=O) groups excluding carboxylic acids is 1. The maximum absolute atomic E-state index is 12.6. The molecule has 6 nitrogen and oxygen atoms in total. The van der Waals surface area contributed by atoms with Gasteiger partial charge in [-0.3, -0.25) is 9.69 Å². The Bertz CT molecular complexity index is 547. The molecule has 21 heavy (non-hydrogen) atoms. The first-order chi connectivity index (χ1) is 9.94. The van der Waals surface area contributed by atoms with E-state index in [1.165, 1.54) is 0 Å². The fraction of sp³-hybridized carbons (Fsp3) is 0.929. The summed E-state index contributed by atoms with van der Waals surface area (Å²) in [6.45, 7) is 1.98. The van der Waals surface area contributed by atoms with Gasteiger partial charge in [-0.05, 0) is 30.6 Å². The molecule has 1 N–H and O–H groups in total. The molecule has 2 saturated heterocycles. The number of rotatable bonds is 2. The van der Waals surface area contributed by atoms with E-state index in [0.717, 1.165) is 19.4 Å². The van der Waals surface area contributed by atoms with E-state index in [1.807, 2.05) is 9.80 Å². The van der Waals surface area contributed by atoms with Crippen LogP contribution in [0.5, 0.6) is 0 Å². The van der Waals surface area contributed by atoms with E-state index < -0.39 is 9.84 Å². The van der Waals surface area contributed by atoms with E-state index in [9.17, 15) is 18.3 Å². The van der Waals surface area contributed by atoms with Crippen LogP contribution >= 0.6 is 0 Å². The minimum absolute atomic E-state index is 0.0229. The van der Waals surface area contributed by atoms with Crippen LogP contribution in [0.4, 0.5) is 0 Å². The highest BCUT2D eigenvalue weighted by Crippen LogP contribution is 2.54. The van der Waals surface area contributed by atoms with E-state index in [4.69, 9.17) is 0 Å². The largest absolute Gasteiger partial charge is 0.391 e. The minimum Gasteiger partial charge on any atom is -0.391 e. The van der Waals surface area contributed by atoms with Gasteiger partial charge >= 0.3 is 0 Å². The molecule has 0 aromatic carbocycles. The van der Waals surface area contributed by atoms with Crippen LogP contribution in [-0.2, 0) is 14.6 Å². The Morgan fingerprint density at radius 3 is 2.52 bits per heavy atom. The summed E-state index contributed by atoms with van der Waals surface area (Å²) < 4.78 is 22.8. The second-order valence-corrected chi connectivity index (χ2v) is 9.41. The predicted molar refractivity (Wildman–Crippen MR) is 76.3 cm³/mol. The van der Waals surface area contributed by atoms with Gasteiger partial charge in [-0.25, -0.2) is 8.42 Å². The molecule has 0 spiro atoms. The van der Waals surface area contributed by atoms with Gasteiger partial charge in [0.1, 0.15) is 0 Å². The number of likely N-dealkylation sites (tertiary alicyclic amines) is 1. The average Bonchev–Trinajstić information content (AvgIpc) is 3.02. The van der Waals surface area contributed by atoms with Crippen molar-refractivity contribution in [2.24, 2.45) is 17.8 Å². The molecule has 118 valence electrons. The summed E-state index contributed by atoms with van der Waals surface area (Å²) in [5, 5.41) is 10.3. The summed E-state index contributed by atoms with van der Waals surface area (Å²) >= 11 is 0. The fourth-order valence-corrected chi connectivity index (χ4v) is 6.17. The third-order valence-corrected chi connectivity index (χ3v) is 7.57. The summed E-state index contributed by atoms with van der Waals surface area (Å²) in [7, 11) is -2.90. The number of aliphatic hydroxyl groups excluding tert-OH is 1. The molecule has 5 atom stereocenters. The van der Waals surface area contributed by atoms with E-state index in [2.05, 4.69) is 0 Å². The molecular formula is C14H22N2O4S. The number of hydrogen-bond acceptors (Lipinski definition) is 5. The predicted octanol–water partition coefficient (Wildman–Crippen LogP) is -1.06. The van der Waals surface area contributed by atoms with Crippen LogP contribution < -0.4 is 0 Å². The van der Waals surface area contributed by atoms with E-state index in [-0.39, 0.29) is 29.6 Å². The molecule has 0 aromatic heterocycles. The fourth-order valence-electron chi connectivity index (χ4n) is 4.89. The minimum atomic E-state index is -2.90. The zero-order valence-corrected chi connectivity index (χ0v) is 12.8. The van der Waals surface area contributed by atoms with Gasteiger partial charge in [0, 0.05) is 19.6 Å². The van der Waals surface area contributed by atoms with Crippen LogP contribution in [0.3, 0.4) is 0 Å². The van der Waals surface area contributed by atoms with E-state index >= 15 is 0 Å². The first-order valence-electron chi connectivity index (χ1n) is 7.85. The Morgan fingerprint density at radius 1 is 1.14 bits per heavy atom. The molecule has 4 aliphatic rings. The molecular weight excluding hydrogens is 292 g/mol. The maximum atomic E-state index is 12.6. The van der Waals surface area contributed by atoms with Crippen molar-refractivity contribution in [1.82, 2.24) is 9.80 Å². The summed E-state index contributed by atoms with van der Waals surface area (Å²) in [5.74, 6) is 1.83. The number of nitrogens with zero attached hydrogens (tertiary/aromatic N) is 2. The first kappa shape index (κ1) is 14.0. The highest BCUT2D eigenvalue weighted by atomic mass is 32.2. The van der Waals surface area contributed by atoms with Gasteiger partial charge in [-0.1, -0.05) is 0 Å². The summed E-state index contributed by atoms with van der Waals surface area (Å²) in [4.78, 5) is 16.4. The molecule has 0 aromatic rings. The molecule has 4 fully saturated rings. The summed E-state index contributed by atoms with van der Waals surface area (Å²) in [6.07, 6.45) is 1.79. The number of fused-ring (bicyclic) bond motifs is 1. The van der Waals surface area contributed by atoms with Crippen LogP contribution in [0.1, 0.15) is 12.8 Å². The molecule has 4 rings (SSSR count). The van der Waals surface area contributed by atoms with Gasteiger partial charge in [-0.2, -0.15) is 0 Å². The normalized spacial score (nSPS) is 44.4. The lowest BCUT2D eigenvalue weighted by Gasteiger charge is -2.32. The van der Waals surface area contributed by atoms with Gasteiger partial charge in [0.05, 0.1) is 30.2 Å². The monoisotopic (exact) mass is 314 g/mol. The molecule has 2 saturated carbocycles. The standard InChI is InChI=1S/C14H22N2O4S/c17-12(8-15-1-3-21(19,20)4-2-15)16-7-10-5-9-6-11(10)13(16)14(9)18/h9-11,13-14,18H,1-8H2. The lowest BCUT2D eigenvalue weighted by Crippen LogP contribution is -2.50. The smallest absolute Gasteiger partial charge is 0.237 e. The zero-order chi connectivity index (χ0) is 14.8. The second-order valence-electron chi connectivity index (χ2n) is 7.11. The molecule has 2 heterocycles. The van der Waals surface area contributed by atoms with Crippen LogP contribution in [0.25, 0.3) is 0 Å². The third kappa shape index (κ3) is 2.21. The van der Waals surface area contributed by atoms with Crippen molar-refractivity contribution >= 4 is 15.7 Å². The average molecular weight is 314 g/mol. The Hall–Kier alpha value is -0.660. The zero-order valence-electron chi connectivity index (χ0n) is 12.0. The Balaban J connectivity index is 1.40. The van der Waals surface area contributed by atoms with Gasteiger partial charge in [0.2, 0.25) is 5.91 Å². The number of hydrogen-bond donors (Lipinski definition) is 1. The lowest BCUT2D eigenvalue weighted by molar-refractivity contribution is -0.135. The van der Waals surface area contributed by atoms with Crippen molar-refractivity contribution in [3.63, 3.8) is 0 Å². The van der Waals surface area contributed by atoms with Crippen molar-refractivity contribution in [2.75, 3.05) is 37.7 Å². The van der Waals surface area contributed by atoms with Crippen molar-refractivity contribution in [3.05, 3.63) is 0 Å². The van der Waals surface area contributed by atoms with Crippen LogP contribution in [-0.4, -0.2) is 79.1 Å².